The lowest BCUT2D eigenvalue weighted by Gasteiger charge is -2.16. The van der Waals surface area contributed by atoms with Crippen LogP contribution in [0.25, 0.3) is 6.08 Å². The molecule has 142 valence electrons. The summed E-state index contributed by atoms with van der Waals surface area (Å²) in [5.41, 5.74) is 4.78. The third-order valence-electron chi connectivity index (χ3n) is 3.05. The maximum Gasteiger partial charge on any atom is 0.279 e. The number of amides is 2. The number of hydrazine groups is 1. The first-order valence-corrected chi connectivity index (χ1v) is 9.63. The van der Waals surface area contributed by atoms with Gasteiger partial charge in [0.2, 0.25) is 5.91 Å². The summed E-state index contributed by atoms with van der Waals surface area (Å²) in [6.45, 7) is 1.54. The Kier molecular flexibility index (Phi) is 8.05. The number of hydrogen-bond donors (Lipinski definition) is 3. The van der Waals surface area contributed by atoms with Gasteiger partial charge < -0.3 is 4.74 Å². The molecule has 1 unspecified atom stereocenters. The van der Waals surface area contributed by atoms with E-state index < -0.39 is 17.9 Å². The molecule has 27 heavy (non-hydrogen) atoms. The highest BCUT2D eigenvalue weighted by molar-refractivity contribution is 7.80. The van der Waals surface area contributed by atoms with Crippen LogP contribution in [0, 0.1) is 0 Å². The molecule has 0 fully saturated rings. The standard InChI is InChI=1S/C17H15Cl2N3O3S2/c1-10(25-14-6-4-11(18)9-13(14)19)16(24)21-22-17(26)20-15(23)7-5-12-3-2-8-27-12/h2-10H,1H3,(H,21,24)(H2,20,22,23,26)/b7-5+. The van der Waals surface area contributed by atoms with E-state index in [0.717, 1.165) is 4.88 Å². The molecule has 0 aliphatic carbocycles. The van der Waals surface area contributed by atoms with Crippen molar-refractivity contribution in [2.75, 3.05) is 0 Å². The molecule has 10 heteroatoms. The molecule has 2 aromatic rings. The molecule has 0 saturated heterocycles. The summed E-state index contributed by atoms with van der Waals surface area (Å²) < 4.78 is 5.47. The van der Waals surface area contributed by atoms with Gasteiger partial charge in [-0.05, 0) is 54.9 Å². The SMILES string of the molecule is CC(Oc1ccc(Cl)cc1Cl)C(=O)NNC(=S)NC(=O)/C=C/c1cccs1. The minimum atomic E-state index is -0.867. The Morgan fingerprint density at radius 3 is 2.70 bits per heavy atom. The van der Waals surface area contributed by atoms with Crippen LogP contribution in [0.1, 0.15) is 11.8 Å². The molecule has 1 heterocycles. The molecular formula is C17H15Cl2N3O3S2. The summed E-state index contributed by atoms with van der Waals surface area (Å²) in [5, 5.41) is 5.00. The number of carbonyl (C=O) groups is 2. The Balaban J connectivity index is 1.76. The van der Waals surface area contributed by atoms with Crippen molar-refractivity contribution in [1.29, 1.82) is 0 Å². The van der Waals surface area contributed by atoms with Crippen molar-refractivity contribution in [3.63, 3.8) is 0 Å². The van der Waals surface area contributed by atoms with Crippen molar-refractivity contribution >= 4 is 69.8 Å². The minimum absolute atomic E-state index is 0.0547. The van der Waals surface area contributed by atoms with Crippen LogP contribution in [-0.4, -0.2) is 23.0 Å². The van der Waals surface area contributed by atoms with Gasteiger partial charge in [0.1, 0.15) is 5.75 Å². The van der Waals surface area contributed by atoms with Gasteiger partial charge in [-0.15, -0.1) is 11.3 Å². The molecule has 0 aliphatic heterocycles. The summed E-state index contributed by atoms with van der Waals surface area (Å²) in [6, 6.07) is 8.42. The second kappa shape index (κ2) is 10.3. The van der Waals surface area contributed by atoms with Gasteiger partial charge >= 0.3 is 0 Å². The Morgan fingerprint density at radius 2 is 2.04 bits per heavy atom. The fraction of sp³-hybridized carbons (Fsp3) is 0.118. The number of carbonyl (C=O) groups excluding carboxylic acids is 2. The van der Waals surface area contributed by atoms with Gasteiger partial charge in [0.15, 0.2) is 11.2 Å². The van der Waals surface area contributed by atoms with Crippen LogP contribution in [-0.2, 0) is 9.59 Å². The summed E-state index contributed by atoms with van der Waals surface area (Å²) in [6.07, 6.45) is 2.14. The molecule has 0 saturated carbocycles. The van der Waals surface area contributed by atoms with E-state index in [1.54, 1.807) is 18.2 Å². The van der Waals surface area contributed by atoms with Gasteiger partial charge in [0.25, 0.3) is 5.91 Å². The van der Waals surface area contributed by atoms with Crippen molar-refractivity contribution in [2.24, 2.45) is 0 Å². The maximum atomic E-state index is 12.0. The lowest BCUT2D eigenvalue weighted by Crippen LogP contribution is -2.51. The molecule has 0 bridgehead atoms. The van der Waals surface area contributed by atoms with Crippen molar-refractivity contribution in [1.82, 2.24) is 16.2 Å². The van der Waals surface area contributed by atoms with Crippen LogP contribution in [0.5, 0.6) is 5.75 Å². The third-order valence-corrected chi connectivity index (χ3v) is 4.62. The van der Waals surface area contributed by atoms with Crippen LogP contribution < -0.4 is 20.9 Å². The summed E-state index contributed by atoms with van der Waals surface area (Å²) >= 11 is 18.3. The first-order chi connectivity index (χ1) is 12.8. The van der Waals surface area contributed by atoms with E-state index >= 15 is 0 Å². The van der Waals surface area contributed by atoms with E-state index in [1.807, 2.05) is 17.5 Å². The molecule has 3 N–H and O–H groups in total. The molecule has 1 aromatic carbocycles. The number of ether oxygens (including phenoxy) is 1. The zero-order chi connectivity index (χ0) is 19.8. The first-order valence-electron chi connectivity index (χ1n) is 7.59. The highest BCUT2D eigenvalue weighted by Gasteiger charge is 2.16. The maximum absolute atomic E-state index is 12.0. The average molecular weight is 444 g/mol. The van der Waals surface area contributed by atoms with Crippen LogP contribution in [0.4, 0.5) is 0 Å². The van der Waals surface area contributed by atoms with Gasteiger partial charge in [-0.2, -0.15) is 0 Å². The van der Waals surface area contributed by atoms with Crippen LogP contribution >= 0.6 is 46.8 Å². The van der Waals surface area contributed by atoms with Crippen LogP contribution in [0.2, 0.25) is 10.0 Å². The fourth-order valence-electron chi connectivity index (χ4n) is 1.76. The third kappa shape index (κ3) is 7.18. The van der Waals surface area contributed by atoms with Crippen molar-refractivity contribution in [3.05, 3.63) is 56.7 Å². The number of thiophene rings is 1. The summed E-state index contributed by atoms with van der Waals surface area (Å²) in [4.78, 5) is 24.7. The second-order valence-electron chi connectivity index (χ2n) is 5.12. The lowest BCUT2D eigenvalue weighted by atomic mass is 10.3. The second-order valence-corrected chi connectivity index (χ2v) is 7.35. The molecule has 6 nitrogen and oxygen atoms in total. The van der Waals surface area contributed by atoms with E-state index in [-0.39, 0.29) is 10.1 Å². The number of hydrogen-bond acceptors (Lipinski definition) is 5. The number of thiocarbonyl (C=S) groups is 1. The number of benzene rings is 1. The van der Waals surface area contributed by atoms with E-state index in [9.17, 15) is 9.59 Å². The topological polar surface area (TPSA) is 79.5 Å². The molecule has 1 atom stereocenters. The van der Waals surface area contributed by atoms with E-state index in [0.29, 0.717) is 10.8 Å². The summed E-state index contributed by atoms with van der Waals surface area (Å²) in [5.74, 6) is -0.613. The summed E-state index contributed by atoms with van der Waals surface area (Å²) in [7, 11) is 0. The van der Waals surface area contributed by atoms with Crippen LogP contribution in [0.15, 0.2) is 41.8 Å². The Bertz CT molecular complexity index is 857. The number of rotatable bonds is 5. The first kappa shape index (κ1) is 21.2. The predicted molar refractivity (Wildman–Crippen MR) is 112 cm³/mol. The molecular weight excluding hydrogens is 429 g/mol. The molecule has 1 aromatic heterocycles. The zero-order valence-electron chi connectivity index (χ0n) is 14.0. The molecule has 0 spiro atoms. The Hall–Kier alpha value is -2.13. The van der Waals surface area contributed by atoms with Crippen molar-refractivity contribution < 1.29 is 14.3 Å². The highest BCUT2D eigenvalue weighted by atomic mass is 35.5. The fourth-order valence-corrected chi connectivity index (χ4v) is 2.99. The monoisotopic (exact) mass is 443 g/mol. The van der Waals surface area contributed by atoms with Gasteiger partial charge in [-0.25, -0.2) is 0 Å². The average Bonchev–Trinajstić information content (AvgIpc) is 3.13. The number of halogens is 2. The van der Waals surface area contributed by atoms with Crippen molar-refractivity contribution in [2.45, 2.75) is 13.0 Å². The molecule has 2 amide bonds. The Morgan fingerprint density at radius 1 is 1.26 bits per heavy atom. The van der Waals surface area contributed by atoms with E-state index in [2.05, 4.69) is 16.2 Å². The largest absolute Gasteiger partial charge is 0.479 e. The van der Waals surface area contributed by atoms with E-state index in [1.165, 1.54) is 30.4 Å². The predicted octanol–water partition coefficient (Wildman–Crippen LogP) is 3.56. The Labute approximate surface area is 175 Å². The van der Waals surface area contributed by atoms with Gasteiger partial charge in [0.05, 0.1) is 5.02 Å². The zero-order valence-corrected chi connectivity index (χ0v) is 17.1. The lowest BCUT2D eigenvalue weighted by molar-refractivity contribution is -0.128. The van der Waals surface area contributed by atoms with Crippen LogP contribution in [0.3, 0.4) is 0 Å². The van der Waals surface area contributed by atoms with Gasteiger partial charge in [0, 0.05) is 16.0 Å². The molecule has 0 aliphatic rings. The minimum Gasteiger partial charge on any atom is -0.479 e. The van der Waals surface area contributed by atoms with E-state index in [4.69, 9.17) is 40.2 Å². The molecule has 2 rings (SSSR count). The normalized spacial score (nSPS) is 11.7. The van der Waals surface area contributed by atoms with Gasteiger partial charge in [-0.1, -0.05) is 29.3 Å². The number of nitrogens with one attached hydrogen (secondary N) is 3. The highest BCUT2D eigenvalue weighted by Crippen LogP contribution is 2.28. The quantitative estimate of drug-likeness (QED) is 0.374. The molecule has 0 radical (unpaired) electrons. The van der Waals surface area contributed by atoms with Crippen molar-refractivity contribution in [3.8, 4) is 5.75 Å². The smallest absolute Gasteiger partial charge is 0.279 e. The van der Waals surface area contributed by atoms with Gasteiger partial charge in [-0.3, -0.25) is 25.8 Å².